The molecule has 10 heteroatoms. The predicted molar refractivity (Wildman–Crippen MR) is 118 cm³/mol. The molecule has 3 heterocycles. The Labute approximate surface area is 191 Å². The predicted octanol–water partition coefficient (Wildman–Crippen LogP) is 1.28. The van der Waals surface area contributed by atoms with Crippen LogP contribution < -0.4 is 5.32 Å². The normalized spacial score (nSPS) is 22.5. The number of nitrogens with one attached hydrogen (secondary N) is 1. The van der Waals surface area contributed by atoms with Gasteiger partial charge in [-0.15, -0.1) is 6.58 Å². The molecule has 9 nitrogen and oxygen atoms in total. The Morgan fingerprint density at radius 3 is 2.85 bits per heavy atom. The fourth-order valence-corrected chi connectivity index (χ4v) is 4.55. The lowest BCUT2D eigenvalue weighted by atomic mass is 9.99. The van der Waals surface area contributed by atoms with Crippen molar-refractivity contribution in [2.45, 2.75) is 44.9 Å². The standard InChI is InChI=1S/C23H27FN6O3/c1-4-20(31)15-10-28(3)22(32)21-17-12-29(13(2)7-19(17)27-30(21)11-15)23(33)26-16-5-6-18(24)14(8-16)9-25/h4-6,8,13,15,20,23,26,31,33H,1,7,10-12H2,2-3H3/t13-,15?,20-,23?/m1/s1. The third-order valence-electron chi connectivity index (χ3n) is 6.42. The monoisotopic (exact) mass is 454 g/mol. The van der Waals surface area contributed by atoms with Crippen LogP contribution >= 0.6 is 0 Å². The second-order valence-electron chi connectivity index (χ2n) is 8.68. The lowest BCUT2D eigenvalue weighted by Gasteiger charge is -2.37. The number of aliphatic hydroxyl groups excluding tert-OH is 2. The molecule has 2 aliphatic heterocycles. The quantitative estimate of drug-likeness (QED) is 0.460. The van der Waals surface area contributed by atoms with Gasteiger partial charge in [-0.2, -0.15) is 10.4 Å². The molecule has 0 radical (unpaired) electrons. The molecular formula is C23H27FN6O3. The number of aliphatic hydroxyl groups is 2. The third kappa shape index (κ3) is 4.23. The van der Waals surface area contributed by atoms with Gasteiger partial charge in [-0.3, -0.25) is 14.4 Å². The van der Waals surface area contributed by atoms with Gasteiger partial charge in [-0.1, -0.05) is 6.08 Å². The summed E-state index contributed by atoms with van der Waals surface area (Å²) >= 11 is 0. The SMILES string of the molecule is C=C[C@@H](O)C1CN(C)C(=O)c2c3c(nn2C1)C[C@@H](C)N(C(O)Nc1ccc(F)c(C#N)c1)C3. The second kappa shape index (κ2) is 8.94. The number of nitrogens with zero attached hydrogens (tertiary/aromatic N) is 5. The number of carbonyl (C=O) groups is 1. The van der Waals surface area contributed by atoms with E-state index in [-0.39, 0.29) is 30.0 Å². The summed E-state index contributed by atoms with van der Waals surface area (Å²) in [5.41, 5.74) is 2.29. The van der Waals surface area contributed by atoms with E-state index in [4.69, 9.17) is 5.26 Å². The van der Waals surface area contributed by atoms with E-state index in [9.17, 15) is 19.4 Å². The van der Waals surface area contributed by atoms with Crippen molar-refractivity contribution in [1.82, 2.24) is 19.6 Å². The van der Waals surface area contributed by atoms with Crippen LogP contribution in [0.1, 0.15) is 34.2 Å². The summed E-state index contributed by atoms with van der Waals surface area (Å²) in [5.74, 6) is -1.04. The summed E-state index contributed by atoms with van der Waals surface area (Å²) in [6.07, 6.45) is 0.0979. The number of hydrogen-bond acceptors (Lipinski definition) is 7. The van der Waals surface area contributed by atoms with E-state index in [2.05, 4.69) is 17.0 Å². The number of amides is 1. The van der Waals surface area contributed by atoms with Crippen LogP contribution in [0, 0.1) is 23.1 Å². The van der Waals surface area contributed by atoms with Crippen LogP contribution in [0.15, 0.2) is 30.9 Å². The largest absolute Gasteiger partial charge is 0.389 e. The molecule has 0 saturated carbocycles. The molecule has 0 fully saturated rings. The number of halogens is 1. The topological polar surface area (TPSA) is 118 Å². The molecule has 33 heavy (non-hydrogen) atoms. The number of aromatic nitrogens is 2. The number of fused-ring (bicyclic) bond motifs is 3. The van der Waals surface area contributed by atoms with E-state index < -0.39 is 18.3 Å². The Balaban J connectivity index is 1.61. The van der Waals surface area contributed by atoms with E-state index >= 15 is 0 Å². The van der Waals surface area contributed by atoms with Gasteiger partial charge < -0.3 is 20.4 Å². The lowest BCUT2D eigenvalue weighted by molar-refractivity contribution is -0.0123. The minimum atomic E-state index is -1.13. The zero-order valence-electron chi connectivity index (χ0n) is 18.6. The number of benzene rings is 1. The van der Waals surface area contributed by atoms with Gasteiger partial charge in [0.15, 0.2) is 6.35 Å². The van der Waals surface area contributed by atoms with Crippen molar-refractivity contribution in [1.29, 1.82) is 5.26 Å². The summed E-state index contributed by atoms with van der Waals surface area (Å²) < 4.78 is 15.3. The average Bonchev–Trinajstić information content (AvgIpc) is 3.08. The van der Waals surface area contributed by atoms with Gasteiger partial charge in [0, 0.05) is 56.3 Å². The molecule has 2 aromatic rings. The molecular weight excluding hydrogens is 427 g/mol. The molecule has 1 aromatic carbocycles. The Hall–Kier alpha value is -3.26. The molecule has 0 spiro atoms. The number of nitriles is 1. The minimum Gasteiger partial charge on any atom is -0.389 e. The highest BCUT2D eigenvalue weighted by Crippen LogP contribution is 2.30. The smallest absolute Gasteiger partial charge is 0.272 e. The summed E-state index contributed by atoms with van der Waals surface area (Å²) in [6, 6.07) is 5.65. The van der Waals surface area contributed by atoms with Crippen molar-refractivity contribution >= 4 is 11.6 Å². The maximum Gasteiger partial charge on any atom is 0.272 e. The van der Waals surface area contributed by atoms with Gasteiger partial charge in [-0.05, 0) is 25.1 Å². The van der Waals surface area contributed by atoms with Crippen LogP contribution in [0.2, 0.25) is 0 Å². The maximum atomic E-state index is 13.6. The molecule has 1 aromatic heterocycles. The first-order valence-corrected chi connectivity index (χ1v) is 10.8. The molecule has 1 amide bonds. The number of anilines is 1. The highest BCUT2D eigenvalue weighted by molar-refractivity contribution is 5.94. The Bertz CT molecular complexity index is 1130. The van der Waals surface area contributed by atoms with Gasteiger partial charge in [0.1, 0.15) is 17.6 Å². The van der Waals surface area contributed by atoms with E-state index in [1.165, 1.54) is 24.3 Å². The van der Waals surface area contributed by atoms with Gasteiger partial charge in [0.05, 0.1) is 17.4 Å². The molecule has 3 N–H and O–H groups in total. The summed E-state index contributed by atoms with van der Waals surface area (Å²) in [6.45, 7) is 6.64. The van der Waals surface area contributed by atoms with Crippen LogP contribution in [-0.2, 0) is 19.5 Å². The molecule has 0 aliphatic carbocycles. The number of hydrogen-bond donors (Lipinski definition) is 3. The first-order valence-electron chi connectivity index (χ1n) is 10.8. The second-order valence-corrected chi connectivity index (χ2v) is 8.68. The van der Waals surface area contributed by atoms with Gasteiger partial charge >= 0.3 is 0 Å². The summed E-state index contributed by atoms with van der Waals surface area (Å²) in [4.78, 5) is 16.5. The average molecular weight is 455 g/mol. The molecule has 2 unspecified atom stereocenters. The fourth-order valence-electron chi connectivity index (χ4n) is 4.55. The minimum absolute atomic E-state index is 0.0996. The Morgan fingerprint density at radius 2 is 2.15 bits per heavy atom. The number of rotatable bonds is 5. The summed E-state index contributed by atoms with van der Waals surface area (Å²) in [7, 11) is 1.70. The first kappa shape index (κ1) is 22.9. The van der Waals surface area contributed by atoms with E-state index in [0.29, 0.717) is 30.9 Å². The fraction of sp³-hybridized carbons (Fsp3) is 0.435. The molecule has 0 saturated heterocycles. The van der Waals surface area contributed by atoms with Gasteiger partial charge in [-0.25, -0.2) is 4.39 Å². The molecule has 2 aliphatic rings. The van der Waals surface area contributed by atoms with Crippen molar-refractivity contribution < 1.29 is 19.4 Å². The zero-order valence-corrected chi connectivity index (χ0v) is 18.6. The molecule has 4 rings (SSSR count). The summed E-state index contributed by atoms with van der Waals surface area (Å²) in [5, 5.41) is 37.8. The van der Waals surface area contributed by atoms with Gasteiger partial charge in [0.2, 0.25) is 0 Å². The van der Waals surface area contributed by atoms with Crippen molar-refractivity contribution in [3.05, 3.63) is 59.2 Å². The van der Waals surface area contributed by atoms with E-state index in [1.54, 1.807) is 27.6 Å². The van der Waals surface area contributed by atoms with Crippen LogP contribution in [0.5, 0.6) is 0 Å². The maximum absolute atomic E-state index is 13.6. The highest BCUT2D eigenvalue weighted by Gasteiger charge is 2.38. The zero-order chi connectivity index (χ0) is 23.9. The van der Waals surface area contributed by atoms with E-state index in [1.807, 2.05) is 6.92 Å². The van der Waals surface area contributed by atoms with Crippen molar-refractivity contribution in [3.63, 3.8) is 0 Å². The van der Waals surface area contributed by atoms with Crippen LogP contribution in [0.3, 0.4) is 0 Å². The van der Waals surface area contributed by atoms with E-state index in [0.717, 1.165) is 11.3 Å². The molecule has 4 atom stereocenters. The molecule has 0 bridgehead atoms. The highest BCUT2D eigenvalue weighted by atomic mass is 19.1. The van der Waals surface area contributed by atoms with Crippen molar-refractivity contribution in [3.8, 4) is 6.07 Å². The Morgan fingerprint density at radius 1 is 1.39 bits per heavy atom. The van der Waals surface area contributed by atoms with Crippen LogP contribution in [-0.4, -0.2) is 67.8 Å². The van der Waals surface area contributed by atoms with Crippen molar-refractivity contribution in [2.75, 3.05) is 18.9 Å². The molecule has 174 valence electrons. The Kier molecular flexibility index (Phi) is 6.21. The van der Waals surface area contributed by atoms with Gasteiger partial charge in [0.25, 0.3) is 5.91 Å². The van der Waals surface area contributed by atoms with Crippen molar-refractivity contribution in [2.24, 2.45) is 5.92 Å². The number of carbonyl (C=O) groups excluding carboxylic acids is 1. The van der Waals surface area contributed by atoms with Crippen LogP contribution in [0.4, 0.5) is 10.1 Å². The van der Waals surface area contributed by atoms with Crippen LogP contribution in [0.25, 0.3) is 0 Å². The first-order chi connectivity index (χ1) is 15.7. The lowest BCUT2D eigenvalue weighted by Crippen LogP contribution is -2.49. The third-order valence-corrected chi connectivity index (χ3v) is 6.42.